The summed E-state index contributed by atoms with van der Waals surface area (Å²) in [5.74, 6) is 1.64. The van der Waals surface area contributed by atoms with E-state index >= 15 is 0 Å². The summed E-state index contributed by atoms with van der Waals surface area (Å²) in [6.45, 7) is 11.8. The van der Waals surface area contributed by atoms with E-state index in [-0.39, 0.29) is 0 Å². The van der Waals surface area contributed by atoms with Gasteiger partial charge in [0.2, 0.25) is 0 Å². The minimum atomic E-state index is 0.651. The van der Waals surface area contributed by atoms with Crippen molar-refractivity contribution >= 4 is 5.96 Å². The number of likely N-dealkylation sites (tertiary alicyclic amines) is 1. The van der Waals surface area contributed by atoms with E-state index in [0.29, 0.717) is 12.0 Å². The lowest BCUT2D eigenvalue weighted by molar-refractivity contribution is 0.141. The molecule has 0 bridgehead atoms. The molecule has 2 N–H and O–H groups in total. The maximum absolute atomic E-state index is 4.70. The quantitative estimate of drug-likeness (QED) is 0.626. The Kier molecular flexibility index (Phi) is 7.40. The highest BCUT2D eigenvalue weighted by Gasteiger charge is 2.21. The van der Waals surface area contributed by atoms with Crippen molar-refractivity contribution in [2.24, 2.45) is 10.9 Å². The van der Waals surface area contributed by atoms with E-state index in [2.05, 4.69) is 60.6 Å². The molecule has 128 valence electrons. The molecule has 0 saturated carbocycles. The second-order valence-corrected chi connectivity index (χ2v) is 6.66. The molecule has 23 heavy (non-hydrogen) atoms. The smallest absolute Gasteiger partial charge is 0.191 e. The van der Waals surface area contributed by atoms with Crippen LogP contribution in [0.2, 0.25) is 0 Å². The van der Waals surface area contributed by atoms with Crippen LogP contribution >= 0.6 is 0 Å². The Morgan fingerprint density at radius 2 is 2.04 bits per heavy atom. The second kappa shape index (κ2) is 9.56. The van der Waals surface area contributed by atoms with Crippen molar-refractivity contribution in [1.82, 2.24) is 15.5 Å². The lowest BCUT2D eigenvalue weighted by Gasteiger charge is -2.35. The van der Waals surface area contributed by atoms with Gasteiger partial charge in [0.1, 0.15) is 0 Å². The molecule has 0 aromatic heterocycles. The van der Waals surface area contributed by atoms with Gasteiger partial charge in [-0.25, -0.2) is 4.99 Å². The number of nitrogens with zero attached hydrogens (tertiary/aromatic N) is 2. The van der Waals surface area contributed by atoms with Gasteiger partial charge in [-0.15, -0.1) is 0 Å². The molecule has 4 nitrogen and oxygen atoms in total. The van der Waals surface area contributed by atoms with Crippen LogP contribution in [0.4, 0.5) is 0 Å². The zero-order chi connectivity index (χ0) is 16.5. The van der Waals surface area contributed by atoms with Crippen molar-refractivity contribution in [2.45, 2.75) is 46.2 Å². The Bertz CT molecular complexity index is 470. The van der Waals surface area contributed by atoms with Gasteiger partial charge in [0.25, 0.3) is 0 Å². The molecule has 1 atom stereocenters. The number of guanidine groups is 1. The average molecular weight is 316 g/mol. The number of aliphatic imine (C=N–C) groups is 1. The van der Waals surface area contributed by atoms with Gasteiger partial charge in [0.15, 0.2) is 5.96 Å². The predicted molar refractivity (Wildman–Crippen MR) is 98.7 cm³/mol. The van der Waals surface area contributed by atoms with E-state index in [1.807, 2.05) is 6.07 Å². The minimum Gasteiger partial charge on any atom is -0.357 e. The van der Waals surface area contributed by atoms with Crippen molar-refractivity contribution in [3.63, 3.8) is 0 Å². The summed E-state index contributed by atoms with van der Waals surface area (Å²) < 4.78 is 0. The van der Waals surface area contributed by atoms with E-state index in [0.717, 1.165) is 25.6 Å². The SMILES string of the molecule is CCNC(=NCc1ccccc1)NCC1CCCN(C(C)C)C1. The lowest BCUT2D eigenvalue weighted by Crippen LogP contribution is -2.46. The Hall–Kier alpha value is -1.55. The first kappa shape index (κ1) is 17.8. The minimum absolute atomic E-state index is 0.651. The highest BCUT2D eigenvalue weighted by Crippen LogP contribution is 2.17. The van der Waals surface area contributed by atoms with Crippen LogP contribution in [-0.2, 0) is 6.54 Å². The highest BCUT2D eigenvalue weighted by atomic mass is 15.2. The van der Waals surface area contributed by atoms with E-state index < -0.39 is 0 Å². The van der Waals surface area contributed by atoms with Gasteiger partial charge in [-0.1, -0.05) is 30.3 Å². The maximum Gasteiger partial charge on any atom is 0.191 e. The van der Waals surface area contributed by atoms with Gasteiger partial charge >= 0.3 is 0 Å². The molecular formula is C19H32N4. The topological polar surface area (TPSA) is 39.7 Å². The van der Waals surface area contributed by atoms with Gasteiger partial charge < -0.3 is 15.5 Å². The molecule has 1 aromatic rings. The van der Waals surface area contributed by atoms with Crippen LogP contribution < -0.4 is 10.6 Å². The molecule has 1 fully saturated rings. The van der Waals surface area contributed by atoms with Crippen LogP contribution in [0.3, 0.4) is 0 Å². The summed E-state index contributed by atoms with van der Waals surface area (Å²) in [7, 11) is 0. The fourth-order valence-electron chi connectivity index (χ4n) is 3.07. The Morgan fingerprint density at radius 1 is 1.26 bits per heavy atom. The van der Waals surface area contributed by atoms with Gasteiger partial charge in [-0.3, -0.25) is 0 Å². The van der Waals surface area contributed by atoms with Gasteiger partial charge in [-0.05, 0) is 51.6 Å². The molecule has 0 spiro atoms. The lowest BCUT2D eigenvalue weighted by atomic mass is 9.97. The predicted octanol–water partition coefficient (Wildman–Crippen LogP) is 2.86. The molecule has 0 amide bonds. The van der Waals surface area contributed by atoms with E-state index in [9.17, 15) is 0 Å². The summed E-state index contributed by atoms with van der Waals surface area (Å²) in [6, 6.07) is 11.1. The summed E-state index contributed by atoms with van der Waals surface area (Å²) in [5, 5.41) is 6.88. The first-order valence-electron chi connectivity index (χ1n) is 8.99. The van der Waals surface area contributed by atoms with Crippen molar-refractivity contribution in [1.29, 1.82) is 0 Å². The number of piperidine rings is 1. The van der Waals surface area contributed by atoms with E-state index in [1.165, 1.54) is 31.5 Å². The standard InChI is InChI=1S/C19H32N4/c1-4-20-19(21-13-17-9-6-5-7-10-17)22-14-18-11-8-12-23(15-18)16(2)3/h5-7,9-10,16,18H,4,8,11-15H2,1-3H3,(H2,20,21,22). The van der Waals surface area contributed by atoms with E-state index in [1.54, 1.807) is 0 Å². The number of hydrogen-bond donors (Lipinski definition) is 2. The Balaban J connectivity index is 1.84. The third kappa shape index (κ3) is 6.22. The molecule has 2 rings (SSSR count). The molecule has 1 heterocycles. The molecule has 1 aromatic carbocycles. The Labute approximate surface area is 141 Å². The van der Waals surface area contributed by atoms with Crippen molar-refractivity contribution in [3.8, 4) is 0 Å². The number of rotatable bonds is 6. The first-order valence-corrected chi connectivity index (χ1v) is 8.99. The molecule has 1 saturated heterocycles. The summed E-state index contributed by atoms with van der Waals surface area (Å²) in [5.41, 5.74) is 1.24. The third-order valence-electron chi connectivity index (χ3n) is 4.45. The van der Waals surface area contributed by atoms with Crippen LogP contribution in [0, 0.1) is 5.92 Å². The fraction of sp³-hybridized carbons (Fsp3) is 0.632. The Morgan fingerprint density at radius 3 is 2.74 bits per heavy atom. The zero-order valence-electron chi connectivity index (χ0n) is 14.9. The number of hydrogen-bond acceptors (Lipinski definition) is 2. The van der Waals surface area contributed by atoms with Gasteiger partial charge in [0, 0.05) is 25.7 Å². The monoisotopic (exact) mass is 316 g/mol. The largest absolute Gasteiger partial charge is 0.357 e. The van der Waals surface area contributed by atoms with Crippen LogP contribution in [0.1, 0.15) is 39.2 Å². The molecule has 0 radical (unpaired) electrons. The highest BCUT2D eigenvalue weighted by molar-refractivity contribution is 5.79. The van der Waals surface area contributed by atoms with Crippen LogP contribution in [0.25, 0.3) is 0 Å². The summed E-state index contributed by atoms with van der Waals surface area (Å²) in [4.78, 5) is 7.29. The second-order valence-electron chi connectivity index (χ2n) is 6.66. The summed E-state index contributed by atoms with van der Waals surface area (Å²) >= 11 is 0. The number of benzene rings is 1. The van der Waals surface area contributed by atoms with Crippen molar-refractivity contribution < 1.29 is 0 Å². The van der Waals surface area contributed by atoms with E-state index in [4.69, 9.17) is 4.99 Å². The molecule has 4 heteroatoms. The molecule has 1 unspecified atom stereocenters. The molecular weight excluding hydrogens is 284 g/mol. The van der Waals surface area contributed by atoms with Gasteiger partial charge in [-0.2, -0.15) is 0 Å². The van der Waals surface area contributed by atoms with Crippen LogP contribution in [0.15, 0.2) is 35.3 Å². The average Bonchev–Trinajstić information content (AvgIpc) is 2.58. The molecule has 0 aliphatic carbocycles. The summed E-state index contributed by atoms with van der Waals surface area (Å²) in [6.07, 6.45) is 2.62. The zero-order valence-corrected chi connectivity index (χ0v) is 14.9. The number of nitrogens with one attached hydrogen (secondary N) is 2. The van der Waals surface area contributed by atoms with Crippen molar-refractivity contribution in [3.05, 3.63) is 35.9 Å². The fourth-order valence-corrected chi connectivity index (χ4v) is 3.07. The van der Waals surface area contributed by atoms with Crippen molar-refractivity contribution in [2.75, 3.05) is 26.2 Å². The van der Waals surface area contributed by atoms with Crippen LogP contribution in [-0.4, -0.2) is 43.1 Å². The normalized spacial score (nSPS) is 19.8. The van der Waals surface area contributed by atoms with Gasteiger partial charge in [0.05, 0.1) is 6.54 Å². The molecule has 1 aliphatic rings. The van der Waals surface area contributed by atoms with Crippen LogP contribution in [0.5, 0.6) is 0 Å². The first-order chi connectivity index (χ1) is 11.2. The third-order valence-corrected chi connectivity index (χ3v) is 4.45. The molecule has 1 aliphatic heterocycles. The maximum atomic E-state index is 4.70.